The van der Waals surface area contributed by atoms with Gasteiger partial charge in [0.15, 0.2) is 0 Å². The molecule has 1 amide bonds. The van der Waals surface area contributed by atoms with Crippen LogP contribution in [0.3, 0.4) is 0 Å². The predicted octanol–water partition coefficient (Wildman–Crippen LogP) is 4.20. The Bertz CT molecular complexity index is 597. The molecule has 4 heteroatoms. The minimum atomic E-state index is 0.0795. The number of hydrogen-bond acceptors (Lipinski definition) is 3. The third-order valence-corrected chi connectivity index (χ3v) is 3.53. The number of anilines is 1. The van der Waals surface area contributed by atoms with Crippen LogP contribution in [-0.4, -0.2) is 18.5 Å². The van der Waals surface area contributed by atoms with Crippen molar-refractivity contribution in [3.05, 3.63) is 54.6 Å². The Labute approximate surface area is 137 Å². The SMILES string of the molecule is CCC(C)NC(=O)CCNc1ccc(Oc2ccccc2)cc1. The molecule has 2 aromatic carbocycles. The summed E-state index contributed by atoms with van der Waals surface area (Å²) in [7, 11) is 0. The summed E-state index contributed by atoms with van der Waals surface area (Å²) in [6.07, 6.45) is 1.41. The first-order chi connectivity index (χ1) is 11.2. The Morgan fingerprint density at radius 2 is 1.70 bits per heavy atom. The highest BCUT2D eigenvalue weighted by molar-refractivity contribution is 5.76. The monoisotopic (exact) mass is 312 g/mol. The highest BCUT2D eigenvalue weighted by Crippen LogP contribution is 2.22. The van der Waals surface area contributed by atoms with Crippen molar-refractivity contribution in [2.75, 3.05) is 11.9 Å². The number of nitrogens with one attached hydrogen (secondary N) is 2. The van der Waals surface area contributed by atoms with E-state index in [1.165, 1.54) is 0 Å². The van der Waals surface area contributed by atoms with Crippen LogP contribution < -0.4 is 15.4 Å². The lowest BCUT2D eigenvalue weighted by molar-refractivity contribution is -0.121. The Morgan fingerprint density at radius 3 is 2.35 bits per heavy atom. The van der Waals surface area contributed by atoms with Gasteiger partial charge < -0.3 is 15.4 Å². The van der Waals surface area contributed by atoms with Gasteiger partial charge in [-0.2, -0.15) is 0 Å². The summed E-state index contributed by atoms with van der Waals surface area (Å²) < 4.78 is 5.74. The van der Waals surface area contributed by atoms with E-state index < -0.39 is 0 Å². The van der Waals surface area contributed by atoms with Crippen LogP contribution in [0, 0.1) is 0 Å². The van der Waals surface area contributed by atoms with E-state index in [1.54, 1.807) is 0 Å². The van der Waals surface area contributed by atoms with E-state index in [1.807, 2.05) is 61.5 Å². The fourth-order valence-electron chi connectivity index (χ4n) is 2.03. The fourth-order valence-corrected chi connectivity index (χ4v) is 2.03. The van der Waals surface area contributed by atoms with E-state index in [0.717, 1.165) is 23.6 Å². The number of amides is 1. The molecule has 0 saturated heterocycles. The predicted molar refractivity (Wildman–Crippen MR) is 94.0 cm³/mol. The van der Waals surface area contributed by atoms with Gasteiger partial charge in [-0.25, -0.2) is 0 Å². The number of carbonyl (C=O) groups is 1. The van der Waals surface area contributed by atoms with Crippen LogP contribution in [0.1, 0.15) is 26.7 Å². The Morgan fingerprint density at radius 1 is 1.04 bits per heavy atom. The second-order valence-corrected chi connectivity index (χ2v) is 5.49. The molecule has 0 radical (unpaired) electrons. The number of rotatable bonds is 8. The van der Waals surface area contributed by atoms with Crippen LogP contribution in [-0.2, 0) is 4.79 Å². The van der Waals surface area contributed by atoms with Crippen molar-refractivity contribution >= 4 is 11.6 Å². The van der Waals surface area contributed by atoms with Gasteiger partial charge in [-0.15, -0.1) is 0 Å². The highest BCUT2D eigenvalue weighted by Gasteiger charge is 2.04. The minimum absolute atomic E-state index is 0.0795. The molecule has 0 fully saturated rings. The van der Waals surface area contributed by atoms with Crippen molar-refractivity contribution in [2.45, 2.75) is 32.7 Å². The van der Waals surface area contributed by atoms with Gasteiger partial charge in [0.1, 0.15) is 11.5 Å². The fraction of sp³-hybridized carbons (Fsp3) is 0.316. The van der Waals surface area contributed by atoms with E-state index in [0.29, 0.717) is 13.0 Å². The summed E-state index contributed by atoms with van der Waals surface area (Å²) in [4.78, 5) is 11.7. The molecule has 0 aliphatic carbocycles. The van der Waals surface area contributed by atoms with Crippen molar-refractivity contribution in [3.8, 4) is 11.5 Å². The summed E-state index contributed by atoms with van der Waals surface area (Å²) in [5, 5.41) is 6.19. The number of ether oxygens (including phenoxy) is 1. The number of para-hydroxylation sites is 1. The first kappa shape index (κ1) is 16.9. The van der Waals surface area contributed by atoms with Crippen molar-refractivity contribution < 1.29 is 9.53 Å². The molecule has 0 aromatic heterocycles. The number of hydrogen-bond donors (Lipinski definition) is 2. The quantitative estimate of drug-likeness (QED) is 0.768. The average molecular weight is 312 g/mol. The molecule has 1 atom stereocenters. The van der Waals surface area contributed by atoms with Crippen molar-refractivity contribution in [1.82, 2.24) is 5.32 Å². The van der Waals surface area contributed by atoms with E-state index in [9.17, 15) is 4.79 Å². The first-order valence-corrected chi connectivity index (χ1v) is 8.03. The van der Waals surface area contributed by atoms with Gasteiger partial charge in [0.25, 0.3) is 0 Å². The molecule has 2 aromatic rings. The lowest BCUT2D eigenvalue weighted by Gasteiger charge is -2.12. The van der Waals surface area contributed by atoms with Gasteiger partial charge in [0.05, 0.1) is 0 Å². The maximum atomic E-state index is 11.7. The zero-order valence-corrected chi connectivity index (χ0v) is 13.7. The van der Waals surface area contributed by atoms with Crippen LogP contribution in [0.15, 0.2) is 54.6 Å². The average Bonchev–Trinajstić information content (AvgIpc) is 2.57. The molecule has 23 heavy (non-hydrogen) atoms. The third-order valence-electron chi connectivity index (χ3n) is 3.53. The molecule has 0 aliphatic heterocycles. The molecule has 0 bridgehead atoms. The van der Waals surface area contributed by atoms with Crippen molar-refractivity contribution in [3.63, 3.8) is 0 Å². The molecule has 4 nitrogen and oxygen atoms in total. The molecule has 0 saturated carbocycles. The zero-order chi connectivity index (χ0) is 16.5. The van der Waals surface area contributed by atoms with E-state index in [2.05, 4.69) is 17.6 Å². The number of carbonyl (C=O) groups excluding carboxylic acids is 1. The lowest BCUT2D eigenvalue weighted by Crippen LogP contribution is -2.32. The highest BCUT2D eigenvalue weighted by atomic mass is 16.5. The second kappa shape index (κ2) is 8.83. The topological polar surface area (TPSA) is 50.4 Å². The summed E-state index contributed by atoms with van der Waals surface area (Å²) in [5.74, 6) is 1.68. The summed E-state index contributed by atoms with van der Waals surface area (Å²) in [6, 6.07) is 17.6. The summed E-state index contributed by atoms with van der Waals surface area (Å²) in [5.41, 5.74) is 0.974. The maximum absolute atomic E-state index is 11.7. The molecule has 0 heterocycles. The van der Waals surface area contributed by atoms with Crippen molar-refractivity contribution in [1.29, 1.82) is 0 Å². The Hall–Kier alpha value is -2.49. The third kappa shape index (κ3) is 6.02. The molecular weight excluding hydrogens is 288 g/mol. The molecule has 0 spiro atoms. The smallest absolute Gasteiger partial charge is 0.221 e. The molecule has 1 unspecified atom stereocenters. The van der Waals surface area contributed by atoms with Gasteiger partial charge in [0.2, 0.25) is 5.91 Å². The van der Waals surface area contributed by atoms with Crippen LogP contribution >= 0.6 is 0 Å². The molecular formula is C19H24N2O2. The molecule has 0 aliphatic rings. The standard InChI is InChI=1S/C19H24N2O2/c1-3-15(2)21-19(22)13-14-20-16-9-11-18(12-10-16)23-17-7-5-4-6-8-17/h4-12,15,20H,3,13-14H2,1-2H3,(H,21,22). The van der Waals surface area contributed by atoms with E-state index >= 15 is 0 Å². The van der Waals surface area contributed by atoms with Gasteiger partial charge in [-0.05, 0) is 49.7 Å². The van der Waals surface area contributed by atoms with Gasteiger partial charge in [0, 0.05) is 24.7 Å². The van der Waals surface area contributed by atoms with Crippen molar-refractivity contribution in [2.24, 2.45) is 0 Å². The van der Waals surface area contributed by atoms with E-state index in [-0.39, 0.29) is 11.9 Å². The molecule has 2 rings (SSSR count). The van der Waals surface area contributed by atoms with Crippen LogP contribution in [0.25, 0.3) is 0 Å². The first-order valence-electron chi connectivity index (χ1n) is 8.03. The zero-order valence-electron chi connectivity index (χ0n) is 13.7. The van der Waals surface area contributed by atoms with Gasteiger partial charge in [-0.1, -0.05) is 25.1 Å². The number of benzene rings is 2. The van der Waals surface area contributed by atoms with Crippen LogP contribution in [0.5, 0.6) is 11.5 Å². The largest absolute Gasteiger partial charge is 0.457 e. The lowest BCUT2D eigenvalue weighted by atomic mass is 10.2. The normalized spacial score (nSPS) is 11.6. The van der Waals surface area contributed by atoms with Crippen LogP contribution in [0.4, 0.5) is 5.69 Å². The molecule has 122 valence electrons. The van der Waals surface area contributed by atoms with E-state index in [4.69, 9.17) is 4.74 Å². The Balaban J connectivity index is 1.76. The van der Waals surface area contributed by atoms with Crippen LogP contribution in [0.2, 0.25) is 0 Å². The van der Waals surface area contributed by atoms with Gasteiger partial charge >= 0.3 is 0 Å². The maximum Gasteiger partial charge on any atom is 0.221 e. The minimum Gasteiger partial charge on any atom is -0.457 e. The second-order valence-electron chi connectivity index (χ2n) is 5.49. The summed E-state index contributed by atoms with van der Waals surface area (Å²) >= 11 is 0. The molecule has 2 N–H and O–H groups in total. The summed E-state index contributed by atoms with van der Waals surface area (Å²) in [6.45, 7) is 4.68. The van der Waals surface area contributed by atoms with Gasteiger partial charge in [-0.3, -0.25) is 4.79 Å². The Kier molecular flexibility index (Phi) is 6.48.